The highest BCUT2D eigenvalue weighted by Gasteiger charge is 2.41. The summed E-state index contributed by atoms with van der Waals surface area (Å²) in [5.41, 5.74) is 0. The van der Waals surface area contributed by atoms with E-state index in [1.807, 2.05) is 0 Å². The van der Waals surface area contributed by atoms with Crippen molar-refractivity contribution in [3.05, 3.63) is 0 Å². The number of urea groups is 1. The molecule has 0 aromatic heterocycles. The van der Waals surface area contributed by atoms with Crippen molar-refractivity contribution < 1.29 is 24.6 Å². The molecule has 2 fully saturated rings. The molecule has 0 saturated carbocycles. The Bertz CT molecular complexity index is 386. The van der Waals surface area contributed by atoms with E-state index in [1.54, 1.807) is 0 Å². The standard InChI is InChI=1S/C10H15N3O5/c14-6-3-7(9(16)17)13(4-6)10(18)12-2-1-11-8(15)5-12/h6-7,14H,1-5H2,(H,11,15)(H,16,17). The van der Waals surface area contributed by atoms with Crippen LogP contribution in [0.2, 0.25) is 0 Å². The molecule has 0 aliphatic carbocycles. The number of aliphatic hydroxyl groups is 1. The lowest BCUT2D eigenvalue weighted by atomic mass is 10.2. The summed E-state index contributed by atoms with van der Waals surface area (Å²) in [5.74, 6) is -1.40. The van der Waals surface area contributed by atoms with Gasteiger partial charge in [-0.2, -0.15) is 0 Å². The number of β-amino-alcohol motifs (C(OH)–C–C–N with tert-alkyl or cyclic N) is 1. The van der Waals surface area contributed by atoms with Crippen LogP contribution in [0.25, 0.3) is 0 Å². The van der Waals surface area contributed by atoms with Gasteiger partial charge in [0, 0.05) is 26.1 Å². The number of hydrogen-bond donors (Lipinski definition) is 3. The molecule has 2 atom stereocenters. The number of carbonyl (C=O) groups is 3. The molecule has 2 saturated heterocycles. The van der Waals surface area contributed by atoms with Crippen molar-refractivity contribution in [3.8, 4) is 0 Å². The summed E-state index contributed by atoms with van der Waals surface area (Å²) in [4.78, 5) is 36.7. The highest BCUT2D eigenvalue weighted by molar-refractivity contribution is 5.88. The molecule has 2 unspecified atom stereocenters. The molecule has 0 aromatic carbocycles. The maximum Gasteiger partial charge on any atom is 0.326 e. The first-order valence-electron chi connectivity index (χ1n) is 5.72. The first kappa shape index (κ1) is 12.6. The van der Waals surface area contributed by atoms with Gasteiger partial charge in [-0.3, -0.25) is 4.79 Å². The normalized spacial score (nSPS) is 28.2. The van der Waals surface area contributed by atoms with E-state index < -0.39 is 24.1 Å². The number of hydrogen-bond acceptors (Lipinski definition) is 4. The summed E-state index contributed by atoms with van der Waals surface area (Å²) in [7, 11) is 0. The van der Waals surface area contributed by atoms with E-state index in [9.17, 15) is 19.5 Å². The lowest BCUT2D eigenvalue weighted by Crippen LogP contribution is -2.55. The largest absolute Gasteiger partial charge is 0.480 e. The molecule has 2 aliphatic rings. The van der Waals surface area contributed by atoms with E-state index in [4.69, 9.17) is 5.11 Å². The van der Waals surface area contributed by atoms with Crippen molar-refractivity contribution in [2.75, 3.05) is 26.2 Å². The van der Waals surface area contributed by atoms with Gasteiger partial charge < -0.3 is 25.3 Å². The Kier molecular flexibility index (Phi) is 3.37. The number of carboxylic acid groups (broad SMARTS) is 1. The van der Waals surface area contributed by atoms with Gasteiger partial charge in [0.1, 0.15) is 12.6 Å². The molecule has 8 heteroatoms. The number of piperazine rings is 1. The van der Waals surface area contributed by atoms with Gasteiger partial charge in [-0.1, -0.05) is 0 Å². The van der Waals surface area contributed by atoms with E-state index in [-0.39, 0.29) is 25.4 Å². The van der Waals surface area contributed by atoms with Crippen LogP contribution in [0.15, 0.2) is 0 Å². The number of aliphatic carboxylic acids is 1. The third-order valence-corrected chi connectivity index (χ3v) is 3.12. The first-order valence-corrected chi connectivity index (χ1v) is 5.72. The Hall–Kier alpha value is -1.83. The average molecular weight is 257 g/mol. The van der Waals surface area contributed by atoms with E-state index in [1.165, 1.54) is 4.90 Å². The van der Waals surface area contributed by atoms with E-state index in [0.29, 0.717) is 13.1 Å². The van der Waals surface area contributed by atoms with Crippen LogP contribution in [0.1, 0.15) is 6.42 Å². The molecule has 2 heterocycles. The zero-order chi connectivity index (χ0) is 13.3. The topological polar surface area (TPSA) is 110 Å². The zero-order valence-corrected chi connectivity index (χ0v) is 9.70. The van der Waals surface area contributed by atoms with Gasteiger partial charge in [0.25, 0.3) is 0 Å². The lowest BCUT2D eigenvalue weighted by molar-refractivity contribution is -0.141. The van der Waals surface area contributed by atoms with Crippen LogP contribution < -0.4 is 5.32 Å². The predicted octanol–water partition coefficient (Wildman–Crippen LogP) is -1.94. The molecule has 18 heavy (non-hydrogen) atoms. The zero-order valence-electron chi connectivity index (χ0n) is 9.70. The fourth-order valence-electron chi connectivity index (χ4n) is 2.24. The van der Waals surface area contributed by atoms with Crippen LogP contribution in [-0.4, -0.2) is 76.2 Å². The fourth-order valence-corrected chi connectivity index (χ4v) is 2.24. The maximum atomic E-state index is 12.1. The van der Waals surface area contributed by atoms with E-state index >= 15 is 0 Å². The molecule has 3 amide bonds. The molecule has 0 spiro atoms. The predicted molar refractivity (Wildman–Crippen MR) is 58.7 cm³/mol. The molecular weight excluding hydrogens is 242 g/mol. The van der Waals surface area contributed by atoms with Crippen LogP contribution in [-0.2, 0) is 9.59 Å². The smallest absolute Gasteiger partial charge is 0.326 e. The summed E-state index contributed by atoms with van der Waals surface area (Å²) >= 11 is 0. The highest BCUT2D eigenvalue weighted by atomic mass is 16.4. The summed E-state index contributed by atoms with van der Waals surface area (Å²) in [5, 5.41) is 21.0. The Balaban J connectivity index is 2.07. The Labute approximate surface area is 103 Å². The number of carboxylic acids is 1. The Morgan fingerprint density at radius 2 is 2.11 bits per heavy atom. The first-order chi connectivity index (χ1) is 8.49. The molecule has 0 radical (unpaired) electrons. The molecule has 3 N–H and O–H groups in total. The van der Waals surface area contributed by atoms with Crippen LogP contribution in [0.4, 0.5) is 4.79 Å². The van der Waals surface area contributed by atoms with Crippen molar-refractivity contribution in [3.63, 3.8) is 0 Å². The number of carbonyl (C=O) groups excluding carboxylic acids is 2. The number of amides is 3. The van der Waals surface area contributed by atoms with Crippen LogP contribution in [0.5, 0.6) is 0 Å². The van der Waals surface area contributed by atoms with Gasteiger partial charge in [-0.05, 0) is 0 Å². The summed E-state index contributed by atoms with van der Waals surface area (Å²) in [6.45, 7) is 0.633. The van der Waals surface area contributed by atoms with Crippen molar-refractivity contribution in [1.29, 1.82) is 0 Å². The number of nitrogens with one attached hydrogen (secondary N) is 1. The van der Waals surface area contributed by atoms with Crippen LogP contribution in [0, 0.1) is 0 Å². The summed E-state index contributed by atoms with van der Waals surface area (Å²) < 4.78 is 0. The molecular formula is C10H15N3O5. The lowest BCUT2D eigenvalue weighted by Gasteiger charge is -2.32. The summed E-state index contributed by atoms with van der Waals surface area (Å²) in [6.07, 6.45) is -0.796. The molecule has 8 nitrogen and oxygen atoms in total. The number of nitrogens with zero attached hydrogens (tertiary/aromatic N) is 2. The number of rotatable bonds is 1. The third kappa shape index (κ3) is 2.37. The molecule has 2 aliphatic heterocycles. The minimum absolute atomic E-state index is 0.00603. The minimum atomic E-state index is -1.14. The maximum absolute atomic E-state index is 12.1. The van der Waals surface area contributed by atoms with Crippen molar-refractivity contribution in [2.45, 2.75) is 18.6 Å². The van der Waals surface area contributed by atoms with Gasteiger partial charge in [0.05, 0.1) is 6.10 Å². The van der Waals surface area contributed by atoms with Crippen LogP contribution in [0.3, 0.4) is 0 Å². The quantitative estimate of drug-likeness (QED) is 0.506. The minimum Gasteiger partial charge on any atom is -0.480 e. The summed E-state index contributed by atoms with van der Waals surface area (Å²) in [6, 6.07) is -1.52. The van der Waals surface area contributed by atoms with Gasteiger partial charge in [-0.15, -0.1) is 0 Å². The Morgan fingerprint density at radius 3 is 2.72 bits per heavy atom. The SMILES string of the molecule is O=C1CN(C(=O)N2CC(O)CC2C(=O)O)CCN1. The van der Waals surface area contributed by atoms with E-state index in [0.717, 1.165) is 4.90 Å². The number of likely N-dealkylation sites (tertiary alicyclic amines) is 1. The average Bonchev–Trinajstić information content (AvgIpc) is 2.70. The van der Waals surface area contributed by atoms with Gasteiger partial charge >= 0.3 is 12.0 Å². The number of aliphatic hydroxyl groups excluding tert-OH is 1. The van der Waals surface area contributed by atoms with Crippen LogP contribution >= 0.6 is 0 Å². The second-order valence-corrected chi connectivity index (χ2v) is 4.45. The van der Waals surface area contributed by atoms with E-state index in [2.05, 4.69) is 5.32 Å². The highest BCUT2D eigenvalue weighted by Crippen LogP contribution is 2.20. The van der Waals surface area contributed by atoms with Crippen molar-refractivity contribution in [2.24, 2.45) is 0 Å². The van der Waals surface area contributed by atoms with Gasteiger partial charge in [0.2, 0.25) is 5.91 Å². The molecule has 0 aromatic rings. The van der Waals surface area contributed by atoms with Crippen molar-refractivity contribution in [1.82, 2.24) is 15.1 Å². The second-order valence-electron chi connectivity index (χ2n) is 4.45. The molecule has 0 bridgehead atoms. The third-order valence-electron chi connectivity index (χ3n) is 3.12. The fraction of sp³-hybridized carbons (Fsp3) is 0.700. The Morgan fingerprint density at radius 1 is 1.39 bits per heavy atom. The molecule has 2 rings (SSSR count). The van der Waals surface area contributed by atoms with Crippen molar-refractivity contribution >= 4 is 17.9 Å². The molecule has 100 valence electrons. The van der Waals surface area contributed by atoms with Gasteiger partial charge in [0.15, 0.2) is 0 Å². The second kappa shape index (κ2) is 4.81. The van der Waals surface area contributed by atoms with Gasteiger partial charge in [-0.25, -0.2) is 9.59 Å². The monoisotopic (exact) mass is 257 g/mol.